The number of carbonyl (C=O) groups is 1. The Bertz CT molecular complexity index is 558. The molecule has 0 aliphatic rings. The highest BCUT2D eigenvalue weighted by molar-refractivity contribution is 5.91. The lowest BCUT2D eigenvalue weighted by Crippen LogP contribution is -2.29. The number of ether oxygens (including phenoxy) is 1. The second-order valence-corrected chi connectivity index (χ2v) is 3.80. The zero-order valence-electron chi connectivity index (χ0n) is 10.1. The number of aromatic nitrogens is 2. The Hall–Kier alpha value is -2.28. The number of nitrogens with zero attached hydrogens (tertiary/aromatic N) is 2. The van der Waals surface area contributed by atoms with Gasteiger partial charge < -0.3 is 9.15 Å². The second-order valence-electron chi connectivity index (χ2n) is 3.80. The van der Waals surface area contributed by atoms with Crippen LogP contribution in [0.15, 0.2) is 22.9 Å². The molecule has 0 saturated carbocycles. The van der Waals surface area contributed by atoms with E-state index < -0.39 is 5.91 Å². The Balaban J connectivity index is 2.05. The fraction of sp³-hybridized carbons (Fsp3) is 0.273. The molecule has 0 aromatic carbocycles. The van der Waals surface area contributed by atoms with E-state index in [-0.39, 0.29) is 5.76 Å². The summed E-state index contributed by atoms with van der Waals surface area (Å²) in [7, 11) is 1.81. The van der Waals surface area contributed by atoms with Gasteiger partial charge in [0.05, 0.1) is 12.4 Å². The lowest BCUT2D eigenvalue weighted by molar-refractivity contribution is 0.0924. The first-order chi connectivity index (χ1) is 8.60. The van der Waals surface area contributed by atoms with Crippen molar-refractivity contribution in [3.05, 3.63) is 35.5 Å². The molecule has 96 valence electrons. The standard InChI is InChI=1S/C11H14N4O3/c1-7-8(3-10(18-7)11(16)14-12)6-17-9-4-13-15(2)5-9/h3-5H,6,12H2,1-2H3,(H,14,16). The Morgan fingerprint density at radius 2 is 2.44 bits per heavy atom. The Morgan fingerprint density at radius 1 is 1.67 bits per heavy atom. The monoisotopic (exact) mass is 250 g/mol. The molecule has 3 N–H and O–H groups in total. The molecule has 2 heterocycles. The quantitative estimate of drug-likeness (QED) is 0.468. The molecule has 0 atom stereocenters. The fourth-order valence-electron chi connectivity index (χ4n) is 1.48. The first-order valence-corrected chi connectivity index (χ1v) is 5.32. The van der Waals surface area contributed by atoms with Crippen molar-refractivity contribution in [3.63, 3.8) is 0 Å². The molecule has 2 aromatic rings. The minimum atomic E-state index is -0.467. The maximum absolute atomic E-state index is 11.3. The Kier molecular flexibility index (Phi) is 3.33. The van der Waals surface area contributed by atoms with Crippen molar-refractivity contribution in [2.75, 3.05) is 0 Å². The predicted octanol–water partition coefficient (Wildman–Crippen LogP) is 0.504. The number of hydrogen-bond donors (Lipinski definition) is 2. The van der Waals surface area contributed by atoms with Crippen LogP contribution in [-0.2, 0) is 13.7 Å². The minimum absolute atomic E-state index is 0.166. The molecule has 7 nitrogen and oxygen atoms in total. The van der Waals surface area contributed by atoms with Gasteiger partial charge in [-0.3, -0.25) is 14.9 Å². The van der Waals surface area contributed by atoms with Crippen LogP contribution >= 0.6 is 0 Å². The number of nitrogens with two attached hydrogens (primary N) is 1. The zero-order chi connectivity index (χ0) is 13.1. The second kappa shape index (κ2) is 4.92. The van der Waals surface area contributed by atoms with Crippen LogP contribution in [0.5, 0.6) is 5.75 Å². The van der Waals surface area contributed by atoms with Crippen molar-refractivity contribution in [1.29, 1.82) is 0 Å². The zero-order valence-corrected chi connectivity index (χ0v) is 10.1. The van der Waals surface area contributed by atoms with Crippen LogP contribution in [0.4, 0.5) is 0 Å². The molecule has 7 heteroatoms. The van der Waals surface area contributed by atoms with Crippen molar-refractivity contribution < 1.29 is 13.9 Å². The fourth-order valence-corrected chi connectivity index (χ4v) is 1.48. The van der Waals surface area contributed by atoms with Gasteiger partial charge in [-0.1, -0.05) is 0 Å². The first-order valence-electron chi connectivity index (χ1n) is 5.32. The van der Waals surface area contributed by atoms with E-state index in [2.05, 4.69) is 5.10 Å². The van der Waals surface area contributed by atoms with Crippen LogP contribution < -0.4 is 16.0 Å². The molecule has 0 aliphatic heterocycles. The average molecular weight is 250 g/mol. The van der Waals surface area contributed by atoms with Gasteiger partial charge >= 0.3 is 5.91 Å². The summed E-state index contributed by atoms with van der Waals surface area (Å²) in [6.45, 7) is 2.06. The van der Waals surface area contributed by atoms with Crippen molar-refractivity contribution in [1.82, 2.24) is 15.2 Å². The van der Waals surface area contributed by atoms with E-state index in [1.165, 1.54) is 0 Å². The smallest absolute Gasteiger partial charge is 0.300 e. The van der Waals surface area contributed by atoms with Crippen LogP contribution in [0, 0.1) is 6.92 Å². The molecule has 0 spiro atoms. The van der Waals surface area contributed by atoms with Crippen LogP contribution in [0.25, 0.3) is 0 Å². The number of hydrogen-bond acceptors (Lipinski definition) is 5. The summed E-state index contributed by atoms with van der Waals surface area (Å²) in [5, 5.41) is 3.99. The van der Waals surface area contributed by atoms with E-state index in [4.69, 9.17) is 15.0 Å². The lowest BCUT2D eigenvalue weighted by atomic mass is 10.2. The molecule has 0 saturated heterocycles. The number of nitrogens with one attached hydrogen (secondary N) is 1. The molecule has 0 radical (unpaired) electrons. The summed E-state index contributed by atoms with van der Waals surface area (Å²) in [5.74, 6) is 6.01. The number of hydrazine groups is 1. The summed E-state index contributed by atoms with van der Waals surface area (Å²) < 4.78 is 12.4. The van der Waals surface area contributed by atoms with Gasteiger partial charge in [0, 0.05) is 12.6 Å². The van der Waals surface area contributed by atoms with Gasteiger partial charge in [0.25, 0.3) is 0 Å². The first kappa shape index (κ1) is 12.2. The Labute approximate surface area is 103 Å². The van der Waals surface area contributed by atoms with Gasteiger partial charge in [-0.2, -0.15) is 5.10 Å². The highest BCUT2D eigenvalue weighted by Gasteiger charge is 2.13. The SMILES string of the molecule is Cc1oc(C(=O)NN)cc1COc1cnn(C)c1. The van der Waals surface area contributed by atoms with Gasteiger partial charge in [0.1, 0.15) is 12.4 Å². The summed E-state index contributed by atoms with van der Waals surface area (Å²) in [6.07, 6.45) is 3.37. The van der Waals surface area contributed by atoms with E-state index >= 15 is 0 Å². The molecular weight excluding hydrogens is 236 g/mol. The number of aryl methyl sites for hydroxylation is 2. The number of furan rings is 1. The summed E-state index contributed by atoms with van der Waals surface area (Å²) in [6, 6.07) is 1.61. The van der Waals surface area contributed by atoms with Crippen molar-refractivity contribution in [2.24, 2.45) is 12.9 Å². The molecular formula is C11H14N4O3. The molecule has 1 amide bonds. The van der Waals surface area contributed by atoms with E-state index in [0.717, 1.165) is 5.56 Å². The third kappa shape index (κ3) is 2.51. The van der Waals surface area contributed by atoms with Crippen LogP contribution in [-0.4, -0.2) is 15.7 Å². The molecule has 2 aromatic heterocycles. The van der Waals surface area contributed by atoms with Gasteiger partial charge in [0.15, 0.2) is 11.5 Å². The van der Waals surface area contributed by atoms with Crippen molar-refractivity contribution in [3.8, 4) is 5.75 Å². The summed E-state index contributed by atoms with van der Waals surface area (Å²) >= 11 is 0. The topological polar surface area (TPSA) is 95.3 Å². The van der Waals surface area contributed by atoms with Gasteiger partial charge in [-0.15, -0.1) is 0 Å². The molecule has 0 unspecified atom stereocenters. The van der Waals surface area contributed by atoms with Gasteiger partial charge in [0.2, 0.25) is 0 Å². The highest BCUT2D eigenvalue weighted by Crippen LogP contribution is 2.17. The molecule has 0 aliphatic carbocycles. The van der Waals surface area contributed by atoms with E-state index in [1.807, 2.05) is 5.43 Å². The van der Waals surface area contributed by atoms with Crippen LogP contribution in [0.3, 0.4) is 0 Å². The van der Waals surface area contributed by atoms with Gasteiger partial charge in [-0.05, 0) is 13.0 Å². The van der Waals surface area contributed by atoms with Gasteiger partial charge in [-0.25, -0.2) is 5.84 Å². The minimum Gasteiger partial charge on any atom is -0.485 e. The lowest BCUT2D eigenvalue weighted by Gasteiger charge is -2.00. The molecule has 0 fully saturated rings. The van der Waals surface area contributed by atoms with E-state index in [1.54, 1.807) is 37.1 Å². The third-order valence-electron chi connectivity index (χ3n) is 2.45. The van der Waals surface area contributed by atoms with Crippen LogP contribution in [0.2, 0.25) is 0 Å². The highest BCUT2D eigenvalue weighted by atomic mass is 16.5. The third-order valence-corrected chi connectivity index (χ3v) is 2.45. The maximum Gasteiger partial charge on any atom is 0.300 e. The Morgan fingerprint density at radius 3 is 3.06 bits per heavy atom. The summed E-state index contributed by atoms with van der Waals surface area (Å²) in [5.41, 5.74) is 2.80. The number of carbonyl (C=O) groups excluding carboxylic acids is 1. The van der Waals surface area contributed by atoms with E-state index in [0.29, 0.717) is 18.1 Å². The summed E-state index contributed by atoms with van der Waals surface area (Å²) in [4.78, 5) is 11.3. The van der Waals surface area contributed by atoms with Crippen LogP contribution in [0.1, 0.15) is 21.9 Å². The van der Waals surface area contributed by atoms with E-state index in [9.17, 15) is 4.79 Å². The molecule has 0 bridgehead atoms. The number of rotatable bonds is 4. The number of amides is 1. The van der Waals surface area contributed by atoms with Crippen molar-refractivity contribution in [2.45, 2.75) is 13.5 Å². The molecule has 18 heavy (non-hydrogen) atoms. The number of nitrogen functional groups attached to an aromatic ring is 1. The maximum atomic E-state index is 11.3. The predicted molar refractivity (Wildman–Crippen MR) is 62.6 cm³/mol. The van der Waals surface area contributed by atoms with Crippen molar-refractivity contribution >= 4 is 5.91 Å². The largest absolute Gasteiger partial charge is 0.485 e. The molecule has 2 rings (SSSR count). The average Bonchev–Trinajstić information content (AvgIpc) is 2.92. The normalized spacial score (nSPS) is 10.4.